The van der Waals surface area contributed by atoms with E-state index in [2.05, 4.69) is 10.2 Å². The Labute approximate surface area is 110 Å². The van der Waals surface area contributed by atoms with Crippen molar-refractivity contribution in [3.63, 3.8) is 0 Å². The van der Waals surface area contributed by atoms with E-state index in [0.717, 1.165) is 19.6 Å². The molecule has 18 heavy (non-hydrogen) atoms. The Balaban J connectivity index is 1.82. The number of carbonyl (C=O) groups excluding carboxylic acids is 2. The highest BCUT2D eigenvalue weighted by Crippen LogP contribution is 2.22. The van der Waals surface area contributed by atoms with Crippen LogP contribution in [0.1, 0.15) is 29.6 Å². The maximum atomic E-state index is 11.8. The van der Waals surface area contributed by atoms with E-state index in [1.165, 1.54) is 24.2 Å². The summed E-state index contributed by atoms with van der Waals surface area (Å²) in [7, 11) is 0. The smallest absolute Gasteiger partial charge is 0.251 e. The number of thiophene rings is 1. The number of rotatable bonds is 5. The lowest BCUT2D eigenvalue weighted by Crippen LogP contribution is -2.25. The predicted octanol–water partition coefficient (Wildman–Crippen LogP) is 1.27. The van der Waals surface area contributed by atoms with Crippen LogP contribution in [0, 0.1) is 0 Å². The van der Waals surface area contributed by atoms with Crippen LogP contribution in [0.15, 0.2) is 11.4 Å². The maximum Gasteiger partial charge on any atom is 0.251 e. The van der Waals surface area contributed by atoms with Crippen LogP contribution in [0.5, 0.6) is 0 Å². The molecule has 1 aliphatic rings. The van der Waals surface area contributed by atoms with Crippen molar-refractivity contribution >= 4 is 28.2 Å². The third kappa shape index (κ3) is 3.30. The van der Waals surface area contributed by atoms with Crippen LogP contribution in [-0.2, 0) is 4.79 Å². The van der Waals surface area contributed by atoms with Crippen molar-refractivity contribution in [1.82, 2.24) is 4.90 Å². The number of amides is 2. The van der Waals surface area contributed by atoms with Gasteiger partial charge >= 0.3 is 0 Å². The number of carbonyl (C=O) groups is 2. The van der Waals surface area contributed by atoms with Gasteiger partial charge in [0.05, 0.1) is 5.56 Å². The van der Waals surface area contributed by atoms with Crippen molar-refractivity contribution in [2.24, 2.45) is 5.73 Å². The molecule has 0 atom stereocenters. The van der Waals surface area contributed by atoms with Gasteiger partial charge in [-0.25, -0.2) is 0 Å². The number of nitrogens with two attached hydrogens (primary N) is 1. The minimum atomic E-state index is -0.508. The van der Waals surface area contributed by atoms with Crippen LogP contribution in [0.3, 0.4) is 0 Å². The molecule has 3 N–H and O–H groups in total. The first-order valence-electron chi connectivity index (χ1n) is 6.06. The summed E-state index contributed by atoms with van der Waals surface area (Å²) in [5.74, 6) is -0.571. The Kier molecular flexibility index (Phi) is 4.33. The molecule has 0 radical (unpaired) electrons. The third-order valence-corrected chi connectivity index (χ3v) is 3.87. The van der Waals surface area contributed by atoms with Crippen LogP contribution < -0.4 is 11.1 Å². The summed E-state index contributed by atoms with van der Waals surface area (Å²) in [6.07, 6.45) is 2.90. The highest BCUT2D eigenvalue weighted by Gasteiger charge is 2.15. The van der Waals surface area contributed by atoms with Crippen molar-refractivity contribution in [3.05, 3.63) is 17.0 Å². The first-order valence-corrected chi connectivity index (χ1v) is 6.94. The Morgan fingerprint density at radius 2 is 2.11 bits per heavy atom. The molecule has 1 saturated heterocycles. The van der Waals surface area contributed by atoms with Crippen LogP contribution in [0.2, 0.25) is 0 Å². The lowest BCUT2D eigenvalue weighted by atomic mass is 10.3. The number of nitrogens with zero attached hydrogens (tertiary/aromatic N) is 1. The molecule has 0 bridgehead atoms. The number of primary amides is 1. The van der Waals surface area contributed by atoms with Gasteiger partial charge < -0.3 is 16.0 Å². The molecule has 0 spiro atoms. The van der Waals surface area contributed by atoms with Gasteiger partial charge in [-0.2, -0.15) is 0 Å². The van der Waals surface area contributed by atoms with Crippen LogP contribution >= 0.6 is 11.3 Å². The number of nitrogens with one attached hydrogen (secondary N) is 1. The molecular formula is C12H17N3O2S. The van der Waals surface area contributed by atoms with Gasteiger partial charge in [0.2, 0.25) is 5.91 Å². The SMILES string of the molecule is NC(=O)c1ccsc1NC(=O)CCN1CCCC1. The number of hydrogen-bond acceptors (Lipinski definition) is 4. The molecular weight excluding hydrogens is 250 g/mol. The summed E-state index contributed by atoms with van der Waals surface area (Å²) in [5, 5.41) is 5.04. The monoisotopic (exact) mass is 267 g/mol. The zero-order valence-corrected chi connectivity index (χ0v) is 11.0. The molecule has 2 amide bonds. The summed E-state index contributed by atoms with van der Waals surface area (Å²) in [6, 6.07) is 1.63. The average Bonchev–Trinajstić information content (AvgIpc) is 2.96. The Bertz CT molecular complexity index is 438. The van der Waals surface area contributed by atoms with Gasteiger partial charge in [0, 0.05) is 13.0 Å². The van der Waals surface area contributed by atoms with Crippen molar-refractivity contribution in [3.8, 4) is 0 Å². The molecule has 1 fully saturated rings. The molecule has 0 aliphatic carbocycles. The lowest BCUT2D eigenvalue weighted by Gasteiger charge is -2.13. The molecule has 1 aromatic heterocycles. The third-order valence-electron chi connectivity index (χ3n) is 3.04. The highest BCUT2D eigenvalue weighted by atomic mass is 32.1. The van der Waals surface area contributed by atoms with Crippen molar-refractivity contribution in [2.45, 2.75) is 19.3 Å². The summed E-state index contributed by atoms with van der Waals surface area (Å²) in [6.45, 7) is 2.95. The summed E-state index contributed by atoms with van der Waals surface area (Å²) in [4.78, 5) is 25.1. The van der Waals surface area contributed by atoms with E-state index < -0.39 is 5.91 Å². The molecule has 5 nitrogen and oxygen atoms in total. The first-order chi connectivity index (χ1) is 8.66. The van der Waals surface area contributed by atoms with Crippen LogP contribution in [0.25, 0.3) is 0 Å². The van der Waals surface area contributed by atoms with Gasteiger partial charge in [0.1, 0.15) is 5.00 Å². The van der Waals surface area contributed by atoms with E-state index in [0.29, 0.717) is 17.0 Å². The second-order valence-corrected chi connectivity index (χ2v) is 5.29. The first kappa shape index (κ1) is 13.0. The Morgan fingerprint density at radius 1 is 1.39 bits per heavy atom. The van der Waals surface area contributed by atoms with Gasteiger partial charge in [0.15, 0.2) is 0 Å². The van der Waals surface area contributed by atoms with E-state index in [-0.39, 0.29) is 5.91 Å². The van der Waals surface area contributed by atoms with Gasteiger partial charge in [-0.15, -0.1) is 11.3 Å². The van der Waals surface area contributed by atoms with Gasteiger partial charge in [-0.05, 0) is 37.4 Å². The standard InChI is InChI=1S/C12H17N3O2S/c13-11(17)9-4-8-18-12(9)14-10(16)3-7-15-5-1-2-6-15/h4,8H,1-3,5-7H2,(H2,13,17)(H,14,16). The Morgan fingerprint density at radius 3 is 2.78 bits per heavy atom. The quantitative estimate of drug-likeness (QED) is 0.843. The topological polar surface area (TPSA) is 75.4 Å². The minimum Gasteiger partial charge on any atom is -0.366 e. The second kappa shape index (κ2) is 5.97. The number of likely N-dealkylation sites (tertiary alicyclic amines) is 1. The fourth-order valence-electron chi connectivity index (χ4n) is 2.06. The van der Waals surface area contributed by atoms with Crippen molar-refractivity contribution < 1.29 is 9.59 Å². The minimum absolute atomic E-state index is 0.0631. The zero-order valence-electron chi connectivity index (χ0n) is 10.1. The molecule has 1 aromatic rings. The number of hydrogen-bond donors (Lipinski definition) is 2. The van der Waals surface area contributed by atoms with Crippen LogP contribution in [-0.4, -0.2) is 36.3 Å². The van der Waals surface area contributed by atoms with E-state index in [1.807, 2.05) is 0 Å². The van der Waals surface area contributed by atoms with Gasteiger partial charge in [0.25, 0.3) is 5.91 Å². The molecule has 2 rings (SSSR count). The molecule has 0 saturated carbocycles. The van der Waals surface area contributed by atoms with Gasteiger partial charge in [-0.3, -0.25) is 9.59 Å². The Hall–Kier alpha value is -1.40. The normalized spacial score (nSPS) is 15.8. The number of anilines is 1. The largest absolute Gasteiger partial charge is 0.366 e. The highest BCUT2D eigenvalue weighted by molar-refractivity contribution is 7.14. The molecule has 1 aliphatic heterocycles. The molecule has 98 valence electrons. The van der Waals surface area contributed by atoms with Gasteiger partial charge in [-0.1, -0.05) is 0 Å². The second-order valence-electron chi connectivity index (χ2n) is 4.37. The predicted molar refractivity (Wildman–Crippen MR) is 71.8 cm³/mol. The van der Waals surface area contributed by atoms with Crippen LogP contribution in [0.4, 0.5) is 5.00 Å². The molecule has 6 heteroatoms. The van der Waals surface area contributed by atoms with E-state index in [4.69, 9.17) is 5.73 Å². The summed E-state index contributed by atoms with van der Waals surface area (Å²) in [5.41, 5.74) is 5.60. The maximum absolute atomic E-state index is 11.8. The molecule has 0 aromatic carbocycles. The average molecular weight is 267 g/mol. The van der Waals surface area contributed by atoms with E-state index in [1.54, 1.807) is 11.4 Å². The summed E-state index contributed by atoms with van der Waals surface area (Å²) >= 11 is 1.32. The van der Waals surface area contributed by atoms with Crippen molar-refractivity contribution in [1.29, 1.82) is 0 Å². The van der Waals surface area contributed by atoms with E-state index in [9.17, 15) is 9.59 Å². The zero-order chi connectivity index (χ0) is 13.0. The van der Waals surface area contributed by atoms with Crippen molar-refractivity contribution in [2.75, 3.05) is 25.0 Å². The fourth-order valence-corrected chi connectivity index (χ4v) is 2.86. The molecule has 0 unspecified atom stereocenters. The molecule has 2 heterocycles. The lowest BCUT2D eigenvalue weighted by molar-refractivity contribution is -0.116. The summed E-state index contributed by atoms with van der Waals surface area (Å²) < 4.78 is 0. The fraction of sp³-hybridized carbons (Fsp3) is 0.500. The van der Waals surface area contributed by atoms with E-state index >= 15 is 0 Å².